The minimum atomic E-state index is -0.316. The number of hydrogen-bond acceptors (Lipinski definition) is 2. The summed E-state index contributed by atoms with van der Waals surface area (Å²) in [6.07, 6.45) is 2.38. The van der Waals surface area contributed by atoms with E-state index in [1.165, 1.54) is 6.07 Å². The van der Waals surface area contributed by atoms with Crippen LogP contribution >= 0.6 is 0 Å². The van der Waals surface area contributed by atoms with Gasteiger partial charge in [0.25, 0.3) is 5.91 Å². The smallest absolute Gasteiger partial charge is 0.324 e. The van der Waals surface area contributed by atoms with Gasteiger partial charge in [-0.15, -0.1) is 6.58 Å². The number of benzene rings is 2. The summed E-state index contributed by atoms with van der Waals surface area (Å²) in [5.41, 5.74) is 1.63. The molecule has 1 saturated heterocycles. The topological polar surface area (TPSA) is 52.7 Å². The molecule has 1 N–H and O–H groups in total. The van der Waals surface area contributed by atoms with Gasteiger partial charge < -0.3 is 10.2 Å². The van der Waals surface area contributed by atoms with Gasteiger partial charge in [0, 0.05) is 36.4 Å². The summed E-state index contributed by atoms with van der Waals surface area (Å²) in [5, 5.41) is 2.73. The normalized spacial score (nSPS) is 14.2. The number of amides is 3. The maximum Gasteiger partial charge on any atom is 0.324 e. The Balaban J connectivity index is 1.77. The molecule has 0 spiro atoms. The molecule has 27 heavy (non-hydrogen) atoms. The van der Waals surface area contributed by atoms with Gasteiger partial charge in [-0.3, -0.25) is 9.69 Å². The Morgan fingerprint density at radius 3 is 2.78 bits per heavy atom. The summed E-state index contributed by atoms with van der Waals surface area (Å²) < 4.78 is 13.9. The van der Waals surface area contributed by atoms with Gasteiger partial charge in [0.1, 0.15) is 5.82 Å². The fraction of sp³-hybridized carbons (Fsp3) is 0.238. The standard InChI is InChI=1S/C21H22FN3O2/c1-2-11-23-20(26)16-8-5-9-18(14-16)25-13-6-12-24(21(25)27)15-17-7-3-4-10-19(17)22/h2-5,7-10,14H,1,6,11-13,15H2,(H,23,26). The number of anilines is 1. The van der Waals surface area contributed by atoms with E-state index in [0.29, 0.717) is 36.4 Å². The molecule has 140 valence electrons. The third-order valence-electron chi connectivity index (χ3n) is 4.46. The van der Waals surface area contributed by atoms with Crippen molar-refractivity contribution in [3.05, 3.63) is 78.1 Å². The van der Waals surface area contributed by atoms with Crippen molar-refractivity contribution in [3.63, 3.8) is 0 Å². The lowest BCUT2D eigenvalue weighted by molar-refractivity contribution is 0.0958. The third kappa shape index (κ3) is 4.34. The molecule has 6 heteroatoms. The third-order valence-corrected chi connectivity index (χ3v) is 4.46. The molecule has 3 amide bonds. The quantitative estimate of drug-likeness (QED) is 0.794. The zero-order chi connectivity index (χ0) is 19.2. The van der Waals surface area contributed by atoms with E-state index in [1.54, 1.807) is 58.3 Å². The minimum absolute atomic E-state index is 0.187. The molecule has 1 heterocycles. The molecule has 0 aliphatic carbocycles. The Kier molecular flexibility index (Phi) is 5.86. The minimum Gasteiger partial charge on any atom is -0.349 e. The van der Waals surface area contributed by atoms with E-state index in [9.17, 15) is 14.0 Å². The highest BCUT2D eigenvalue weighted by molar-refractivity contribution is 5.98. The Hall–Kier alpha value is -3.15. The molecular weight excluding hydrogens is 345 g/mol. The summed E-state index contributed by atoms with van der Waals surface area (Å²) in [4.78, 5) is 28.3. The van der Waals surface area contributed by atoms with Gasteiger partial charge in [-0.25, -0.2) is 9.18 Å². The van der Waals surface area contributed by atoms with Crippen molar-refractivity contribution < 1.29 is 14.0 Å². The summed E-state index contributed by atoms with van der Waals surface area (Å²) in [6.45, 7) is 5.31. The Labute approximate surface area is 158 Å². The molecule has 1 aliphatic heterocycles. The predicted molar refractivity (Wildman–Crippen MR) is 103 cm³/mol. The number of rotatable bonds is 6. The molecule has 0 aromatic heterocycles. The van der Waals surface area contributed by atoms with Crippen LogP contribution in [0.1, 0.15) is 22.3 Å². The first-order valence-electron chi connectivity index (χ1n) is 8.89. The summed E-state index contributed by atoms with van der Waals surface area (Å²) in [5.74, 6) is -0.535. The zero-order valence-corrected chi connectivity index (χ0v) is 15.0. The van der Waals surface area contributed by atoms with Gasteiger partial charge in [-0.2, -0.15) is 0 Å². The lowest BCUT2D eigenvalue weighted by Crippen LogP contribution is -2.49. The van der Waals surface area contributed by atoms with Crippen LogP contribution in [0, 0.1) is 5.82 Å². The molecule has 2 aromatic rings. The van der Waals surface area contributed by atoms with Crippen molar-refractivity contribution in [1.29, 1.82) is 0 Å². The lowest BCUT2D eigenvalue weighted by Gasteiger charge is -2.36. The van der Waals surface area contributed by atoms with Gasteiger partial charge in [0.2, 0.25) is 0 Å². The molecule has 0 saturated carbocycles. The van der Waals surface area contributed by atoms with Crippen LogP contribution in [0.2, 0.25) is 0 Å². The van der Waals surface area contributed by atoms with Crippen molar-refractivity contribution in [3.8, 4) is 0 Å². The molecule has 0 atom stereocenters. The monoisotopic (exact) mass is 367 g/mol. The van der Waals surface area contributed by atoms with E-state index in [1.807, 2.05) is 0 Å². The number of nitrogens with zero attached hydrogens (tertiary/aromatic N) is 2. The maximum atomic E-state index is 13.9. The molecule has 1 aliphatic rings. The van der Waals surface area contributed by atoms with Gasteiger partial charge >= 0.3 is 6.03 Å². The zero-order valence-electron chi connectivity index (χ0n) is 15.0. The fourth-order valence-electron chi connectivity index (χ4n) is 3.08. The van der Waals surface area contributed by atoms with Crippen LogP contribution in [0.25, 0.3) is 0 Å². The number of halogens is 1. The van der Waals surface area contributed by atoms with E-state index >= 15 is 0 Å². The van der Waals surface area contributed by atoms with E-state index in [0.717, 1.165) is 6.42 Å². The largest absolute Gasteiger partial charge is 0.349 e. The first kappa shape index (κ1) is 18.6. The Morgan fingerprint density at radius 1 is 1.19 bits per heavy atom. The van der Waals surface area contributed by atoms with E-state index in [4.69, 9.17) is 0 Å². The van der Waals surface area contributed by atoms with Crippen molar-refractivity contribution >= 4 is 17.6 Å². The average Bonchev–Trinajstić information content (AvgIpc) is 2.69. The summed E-state index contributed by atoms with van der Waals surface area (Å²) in [6, 6.07) is 13.2. The van der Waals surface area contributed by atoms with Crippen LogP contribution in [0.4, 0.5) is 14.9 Å². The van der Waals surface area contributed by atoms with Gasteiger partial charge in [0.05, 0.1) is 6.54 Å². The predicted octanol–water partition coefficient (Wildman–Crippen LogP) is 3.57. The van der Waals surface area contributed by atoms with Crippen molar-refractivity contribution in [2.75, 3.05) is 24.5 Å². The molecule has 0 unspecified atom stereocenters. The van der Waals surface area contributed by atoms with Gasteiger partial charge in [-0.05, 0) is 30.7 Å². The number of carbonyl (C=O) groups is 2. The number of hydrogen-bond donors (Lipinski definition) is 1. The van der Waals surface area contributed by atoms with Gasteiger partial charge in [0.15, 0.2) is 0 Å². The fourth-order valence-corrected chi connectivity index (χ4v) is 3.08. The van der Waals surface area contributed by atoms with Gasteiger partial charge in [-0.1, -0.05) is 30.3 Å². The molecule has 1 fully saturated rings. The SMILES string of the molecule is C=CCNC(=O)c1cccc(N2CCCN(Cc3ccccc3F)C2=O)c1. The van der Waals surface area contributed by atoms with Crippen LogP contribution in [0.15, 0.2) is 61.2 Å². The molecule has 0 radical (unpaired) electrons. The van der Waals surface area contributed by atoms with E-state index in [2.05, 4.69) is 11.9 Å². The maximum absolute atomic E-state index is 13.9. The van der Waals surface area contributed by atoms with E-state index < -0.39 is 0 Å². The van der Waals surface area contributed by atoms with Crippen molar-refractivity contribution in [1.82, 2.24) is 10.2 Å². The number of carbonyl (C=O) groups excluding carboxylic acids is 2. The van der Waals surface area contributed by atoms with Crippen molar-refractivity contribution in [2.45, 2.75) is 13.0 Å². The average molecular weight is 367 g/mol. The highest BCUT2D eigenvalue weighted by Gasteiger charge is 2.27. The Bertz CT molecular complexity index is 853. The summed E-state index contributed by atoms with van der Waals surface area (Å²) in [7, 11) is 0. The van der Waals surface area contributed by atoms with Crippen LogP contribution in [-0.4, -0.2) is 36.5 Å². The van der Waals surface area contributed by atoms with E-state index in [-0.39, 0.29) is 24.3 Å². The molecule has 0 bridgehead atoms. The second-order valence-corrected chi connectivity index (χ2v) is 6.35. The molecule has 2 aromatic carbocycles. The number of nitrogens with one attached hydrogen (secondary N) is 1. The summed E-state index contributed by atoms with van der Waals surface area (Å²) >= 11 is 0. The molecular formula is C21H22FN3O2. The van der Waals surface area contributed by atoms with Crippen LogP contribution in [0.3, 0.4) is 0 Å². The highest BCUT2D eigenvalue weighted by Crippen LogP contribution is 2.23. The first-order valence-corrected chi connectivity index (χ1v) is 8.89. The Morgan fingerprint density at radius 2 is 2.00 bits per heavy atom. The molecule has 5 nitrogen and oxygen atoms in total. The first-order chi connectivity index (χ1) is 13.1. The molecule has 3 rings (SSSR count). The van der Waals surface area contributed by atoms with Crippen molar-refractivity contribution in [2.24, 2.45) is 0 Å². The second-order valence-electron chi connectivity index (χ2n) is 6.35. The lowest BCUT2D eigenvalue weighted by atomic mass is 10.1. The van der Waals surface area contributed by atoms with Crippen LogP contribution in [0.5, 0.6) is 0 Å². The van der Waals surface area contributed by atoms with Crippen LogP contribution < -0.4 is 10.2 Å². The second kappa shape index (κ2) is 8.49. The highest BCUT2D eigenvalue weighted by atomic mass is 19.1. The van der Waals surface area contributed by atoms with Crippen LogP contribution in [-0.2, 0) is 6.54 Å². The number of urea groups is 1.